The van der Waals surface area contributed by atoms with E-state index in [-0.39, 0.29) is 5.56 Å². The van der Waals surface area contributed by atoms with Gasteiger partial charge in [0.15, 0.2) is 5.65 Å². The van der Waals surface area contributed by atoms with Crippen molar-refractivity contribution in [3.8, 4) is 0 Å². The van der Waals surface area contributed by atoms with Crippen LogP contribution in [0.2, 0.25) is 0 Å². The molecule has 0 amide bonds. The molecule has 2 aromatic heterocycles. The molecule has 2 aromatic rings. The van der Waals surface area contributed by atoms with Gasteiger partial charge in [0.25, 0.3) is 5.56 Å². The van der Waals surface area contributed by atoms with Crippen molar-refractivity contribution in [3.05, 3.63) is 33.9 Å². The molecule has 2 heterocycles. The van der Waals surface area contributed by atoms with Gasteiger partial charge in [-0.3, -0.25) is 9.89 Å². The van der Waals surface area contributed by atoms with Crippen molar-refractivity contribution in [1.29, 1.82) is 0 Å². The van der Waals surface area contributed by atoms with Gasteiger partial charge in [-0.25, -0.2) is 9.50 Å². The monoisotopic (exact) mass is 219 g/mol. The molecule has 0 aliphatic carbocycles. The van der Waals surface area contributed by atoms with Gasteiger partial charge in [0.2, 0.25) is 0 Å². The summed E-state index contributed by atoms with van der Waals surface area (Å²) in [7, 11) is 0. The Morgan fingerprint density at radius 2 is 2.19 bits per heavy atom. The number of fused-ring (bicyclic) bond motifs is 1. The number of pyridine rings is 1. The standard InChI is InChI=1S/C12H17N3O/c1-4-5-9-6-10-13-12(8(2)3)14-15(10)11(16)7-9/h6-8H,4-5H2,1-3H3,(H,13,14). The largest absolute Gasteiger partial charge is 0.276 e. The second-order valence-electron chi connectivity index (χ2n) is 4.41. The van der Waals surface area contributed by atoms with Gasteiger partial charge in [-0.05, 0) is 18.1 Å². The third kappa shape index (κ3) is 1.87. The van der Waals surface area contributed by atoms with Crippen LogP contribution >= 0.6 is 0 Å². The highest BCUT2D eigenvalue weighted by Gasteiger charge is 2.08. The van der Waals surface area contributed by atoms with E-state index in [4.69, 9.17) is 0 Å². The van der Waals surface area contributed by atoms with Gasteiger partial charge in [0.1, 0.15) is 5.82 Å². The maximum absolute atomic E-state index is 11.8. The van der Waals surface area contributed by atoms with Crippen LogP contribution in [0.4, 0.5) is 0 Å². The summed E-state index contributed by atoms with van der Waals surface area (Å²) < 4.78 is 1.51. The Balaban J connectivity index is 2.59. The fourth-order valence-corrected chi connectivity index (χ4v) is 1.76. The number of rotatable bonds is 3. The summed E-state index contributed by atoms with van der Waals surface area (Å²) in [5, 5.41) is 3.03. The van der Waals surface area contributed by atoms with Crippen molar-refractivity contribution in [2.24, 2.45) is 0 Å². The summed E-state index contributed by atoms with van der Waals surface area (Å²) >= 11 is 0. The van der Waals surface area contributed by atoms with Crippen molar-refractivity contribution in [1.82, 2.24) is 14.6 Å². The molecule has 0 bridgehead atoms. The number of nitrogens with zero attached hydrogens (tertiary/aromatic N) is 2. The average Bonchev–Trinajstić information content (AvgIpc) is 2.62. The molecular weight excluding hydrogens is 202 g/mol. The first-order valence-electron chi connectivity index (χ1n) is 5.73. The third-order valence-corrected chi connectivity index (χ3v) is 2.62. The van der Waals surface area contributed by atoms with E-state index < -0.39 is 0 Å². The Morgan fingerprint density at radius 3 is 2.81 bits per heavy atom. The van der Waals surface area contributed by atoms with Crippen molar-refractivity contribution in [3.63, 3.8) is 0 Å². The van der Waals surface area contributed by atoms with Crippen LogP contribution in [0.15, 0.2) is 16.9 Å². The molecule has 2 rings (SSSR count). The minimum Gasteiger partial charge on any atom is -0.276 e. The van der Waals surface area contributed by atoms with Crippen LogP contribution < -0.4 is 5.56 Å². The number of nitrogens with one attached hydrogen (secondary N) is 1. The summed E-state index contributed by atoms with van der Waals surface area (Å²) in [6.45, 7) is 6.21. The molecule has 0 aliphatic heterocycles. The molecule has 4 heteroatoms. The van der Waals surface area contributed by atoms with Crippen LogP contribution in [-0.4, -0.2) is 14.6 Å². The van der Waals surface area contributed by atoms with Crippen LogP contribution in [0.3, 0.4) is 0 Å². The predicted octanol–water partition coefficient (Wildman–Crippen LogP) is 2.10. The molecule has 16 heavy (non-hydrogen) atoms. The van der Waals surface area contributed by atoms with Crippen LogP contribution in [-0.2, 0) is 6.42 Å². The Bertz CT molecular complexity index is 551. The quantitative estimate of drug-likeness (QED) is 0.859. The molecule has 0 atom stereocenters. The van der Waals surface area contributed by atoms with Crippen molar-refractivity contribution in [2.75, 3.05) is 0 Å². The summed E-state index contributed by atoms with van der Waals surface area (Å²) in [6.07, 6.45) is 1.96. The van der Waals surface area contributed by atoms with E-state index >= 15 is 0 Å². The van der Waals surface area contributed by atoms with Gasteiger partial charge in [-0.15, -0.1) is 0 Å². The Labute approximate surface area is 94.3 Å². The van der Waals surface area contributed by atoms with E-state index in [1.54, 1.807) is 6.07 Å². The minimum absolute atomic E-state index is 0.0275. The molecule has 0 fully saturated rings. The molecule has 0 aromatic carbocycles. The van der Waals surface area contributed by atoms with Crippen molar-refractivity contribution < 1.29 is 0 Å². The second-order valence-corrected chi connectivity index (χ2v) is 4.41. The van der Waals surface area contributed by atoms with Gasteiger partial charge in [-0.2, -0.15) is 0 Å². The zero-order valence-electron chi connectivity index (χ0n) is 9.95. The van der Waals surface area contributed by atoms with E-state index in [2.05, 4.69) is 30.9 Å². The lowest BCUT2D eigenvalue weighted by molar-refractivity contribution is 0.758. The van der Waals surface area contributed by atoms with Crippen molar-refractivity contribution >= 4 is 5.65 Å². The van der Waals surface area contributed by atoms with Crippen molar-refractivity contribution in [2.45, 2.75) is 39.5 Å². The van der Waals surface area contributed by atoms with E-state index in [0.717, 1.165) is 29.9 Å². The van der Waals surface area contributed by atoms with Gasteiger partial charge >= 0.3 is 0 Å². The summed E-state index contributed by atoms with van der Waals surface area (Å²) in [4.78, 5) is 16.2. The van der Waals surface area contributed by atoms with Gasteiger partial charge < -0.3 is 0 Å². The molecule has 1 N–H and O–H groups in total. The van der Waals surface area contributed by atoms with Gasteiger partial charge in [0, 0.05) is 12.0 Å². The highest BCUT2D eigenvalue weighted by atomic mass is 16.1. The predicted molar refractivity (Wildman–Crippen MR) is 63.9 cm³/mol. The van der Waals surface area contributed by atoms with Crippen LogP contribution in [0, 0.1) is 0 Å². The smallest absolute Gasteiger partial charge is 0.271 e. The number of aromatic nitrogens is 3. The number of aryl methyl sites for hydroxylation is 1. The highest BCUT2D eigenvalue weighted by molar-refractivity contribution is 5.40. The molecule has 0 aliphatic rings. The Hall–Kier alpha value is -1.58. The molecular formula is C12H17N3O. The van der Waals surface area contributed by atoms with E-state index in [9.17, 15) is 4.79 Å². The lowest BCUT2D eigenvalue weighted by Gasteiger charge is -1.97. The Morgan fingerprint density at radius 1 is 1.44 bits per heavy atom. The summed E-state index contributed by atoms with van der Waals surface area (Å²) in [5.41, 5.74) is 1.76. The van der Waals surface area contributed by atoms with E-state index in [0.29, 0.717) is 5.92 Å². The summed E-state index contributed by atoms with van der Waals surface area (Å²) in [5.74, 6) is 1.15. The normalized spacial score (nSPS) is 11.5. The maximum Gasteiger partial charge on any atom is 0.271 e. The highest BCUT2D eigenvalue weighted by Crippen LogP contribution is 2.11. The number of hydrogen-bond acceptors (Lipinski definition) is 2. The zero-order valence-corrected chi connectivity index (χ0v) is 9.95. The average molecular weight is 219 g/mol. The zero-order chi connectivity index (χ0) is 11.7. The molecule has 0 spiro atoms. The fraction of sp³-hybridized carbons (Fsp3) is 0.500. The van der Waals surface area contributed by atoms with Crippen LogP contribution in [0.25, 0.3) is 5.65 Å². The lowest BCUT2D eigenvalue weighted by atomic mass is 10.1. The first kappa shape index (κ1) is 10.9. The SMILES string of the molecule is CCCc1cc(=O)n2[nH]c(C(C)C)nc2c1. The van der Waals surface area contributed by atoms with Gasteiger partial charge in [0.05, 0.1) is 0 Å². The topological polar surface area (TPSA) is 50.2 Å². The van der Waals surface area contributed by atoms with E-state index in [1.165, 1.54) is 4.52 Å². The molecule has 0 saturated carbocycles. The molecule has 0 radical (unpaired) electrons. The van der Waals surface area contributed by atoms with Gasteiger partial charge in [-0.1, -0.05) is 27.2 Å². The van der Waals surface area contributed by atoms with Crippen LogP contribution in [0.1, 0.15) is 44.5 Å². The first-order chi connectivity index (χ1) is 7.61. The number of hydrogen-bond donors (Lipinski definition) is 1. The maximum atomic E-state index is 11.8. The first-order valence-corrected chi connectivity index (χ1v) is 5.73. The van der Waals surface area contributed by atoms with E-state index in [1.807, 2.05) is 6.07 Å². The molecule has 0 unspecified atom stereocenters. The molecule has 86 valence electrons. The molecule has 4 nitrogen and oxygen atoms in total. The molecule has 0 saturated heterocycles. The number of H-pyrrole nitrogens is 1. The summed E-state index contributed by atoms with van der Waals surface area (Å²) in [6, 6.07) is 3.66. The second kappa shape index (κ2) is 4.12. The Kier molecular flexibility index (Phi) is 2.81. The number of aromatic amines is 1. The van der Waals surface area contributed by atoms with Crippen LogP contribution in [0.5, 0.6) is 0 Å². The fourth-order valence-electron chi connectivity index (χ4n) is 1.76. The third-order valence-electron chi connectivity index (χ3n) is 2.62. The minimum atomic E-state index is -0.0275. The lowest BCUT2D eigenvalue weighted by Crippen LogP contribution is -2.13.